The molecule has 0 saturated carbocycles. The van der Waals surface area contributed by atoms with Crippen LogP contribution < -0.4 is 0 Å². The lowest BCUT2D eigenvalue weighted by Gasteiger charge is -2.40. The van der Waals surface area contributed by atoms with Gasteiger partial charge in [0.15, 0.2) is 23.1 Å². The van der Waals surface area contributed by atoms with E-state index in [-0.39, 0.29) is 35.0 Å². The minimum absolute atomic E-state index is 0.0640. The van der Waals surface area contributed by atoms with E-state index in [0.29, 0.717) is 28.9 Å². The Morgan fingerprint density at radius 1 is 0.867 bits per heavy atom. The average molecular weight is 683 g/mol. The maximum atomic E-state index is 16.0. The van der Waals surface area contributed by atoms with E-state index in [1.165, 1.54) is 13.8 Å². The minimum atomic E-state index is -4.22. The summed E-state index contributed by atoms with van der Waals surface area (Å²) in [5, 5.41) is 11.7. The van der Waals surface area contributed by atoms with Crippen molar-refractivity contribution >= 4 is 23.5 Å². The van der Waals surface area contributed by atoms with Crippen LogP contribution in [-0.4, -0.2) is 63.8 Å². The number of hydrogen-bond acceptors (Lipinski definition) is 8. The first kappa shape index (κ1) is 34.6. The number of ether oxygens (including phenoxy) is 1. The van der Waals surface area contributed by atoms with Crippen LogP contribution in [0.4, 0.5) is 35.1 Å². The van der Waals surface area contributed by atoms with Gasteiger partial charge in [0.05, 0.1) is 6.54 Å². The maximum absolute atomic E-state index is 16.0. The molecular weight excluding hydrogens is 656 g/mol. The summed E-state index contributed by atoms with van der Waals surface area (Å²) in [6, 6.07) is 1.36. The van der Waals surface area contributed by atoms with Crippen LogP contribution in [0.15, 0.2) is 55.4 Å². The molecule has 8 nitrogen and oxygen atoms in total. The zero-order chi connectivity index (χ0) is 33.2. The van der Waals surface area contributed by atoms with E-state index in [1.807, 2.05) is 0 Å². The summed E-state index contributed by atoms with van der Waals surface area (Å²) >= 11 is 0.0354. The average Bonchev–Trinajstić information content (AvgIpc) is 3.65. The number of methoxy groups -OCH3 is 1. The summed E-state index contributed by atoms with van der Waals surface area (Å²) in [6.45, 7) is 1.78. The first-order valence-electron chi connectivity index (χ1n) is 13.1. The maximum Gasteiger partial charge on any atom is 0.328 e. The molecule has 2 aromatic heterocycles. The van der Waals surface area contributed by atoms with Crippen LogP contribution in [-0.2, 0) is 22.5 Å². The number of rotatable bonds is 14. The molecule has 0 amide bonds. The molecule has 0 aliphatic heterocycles. The molecule has 2 aromatic carbocycles. The van der Waals surface area contributed by atoms with Gasteiger partial charge >= 0.3 is 10.5 Å². The number of benzene rings is 2. The molecule has 244 valence electrons. The molecule has 4 aromatic rings. The fourth-order valence-corrected chi connectivity index (χ4v) is 6.54. The predicted octanol–water partition coefficient (Wildman–Crippen LogP) is 6.14. The molecule has 1 N–H and O–H groups in total. The number of aromatic nitrogens is 6. The predicted molar refractivity (Wildman–Crippen MR) is 150 cm³/mol. The van der Waals surface area contributed by atoms with Gasteiger partial charge in [-0.2, -0.15) is 27.8 Å². The number of halogens is 8. The number of thioether (sulfide) groups is 2. The van der Waals surface area contributed by atoms with E-state index >= 15 is 26.3 Å². The summed E-state index contributed by atoms with van der Waals surface area (Å²) in [4.78, 5) is 7.67. The SMILES string of the molecule is CCSC(F)(F)C(Cn1cnc(C(n2cncn2)C(O)(c2ccc(F)cc2F)C(F)(F)SCC)n1)(OC)c1ccc(F)cc1F. The molecule has 0 spiro atoms. The lowest BCUT2D eigenvalue weighted by atomic mass is 9.85. The van der Waals surface area contributed by atoms with E-state index in [1.54, 1.807) is 0 Å². The highest BCUT2D eigenvalue weighted by Crippen LogP contribution is 2.54. The van der Waals surface area contributed by atoms with Crippen LogP contribution in [0.25, 0.3) is 0 Å². The fourth-order valence-electron chi connectivity index (χ4n) is 4.88. The largest absolute Gasteiger partial charge is 0.376 e. The van der Waals surface area contributed by atoms with Crippen LogP contribution >= 0.6 is 23.5 Å². The molecule has 0 saturated heterocycles. The monoisotopic (exact) mass is 682 g/mol. The third-order valence-corrected chi connectivity index (χ3v) is 8.85. The standard InChI is InChI=1S/C27H26F8N6O2S2/c1-4-44-26(32,33)24(43-3,18-8-6-16(28)10-20(18)30)12-40-15-37-23(39-40)22(41-14-36-13-38-41)25(42,27(34,35)45-5-2)19-9-7-17(29)11-21(19)31/h6-11,13-15,22,42H,4-5,12H2,1-3H3. The lowest BCUT2D eigenvalue weighted by molar-refractivity contribution is -0.162. The Hall–Kier alpha value is -3.22. The van der Waals surface area contributed by atoms with Gasteiger partial charge in [0.2, 0.25) is 0 Å². The second kappa shape index (κ2) is 13.3. The van der Waals surface area contributed by atoms with Gasteiger partial charge in [0.1, 0.15) is 42.3 Å². The van der Waals surface area contributed by atoms with Crippen LogP contribution in [0.1, 0.15) is 36.8 Å². The normalized spacial score (nSPS) is 15.9. The molecule has 3 atom stereocenters. The van der Waals surface area contributed by atoms with Crippen LogP contribution in [0, 0.1) is 23.3 Å². The molecule has 0 fully saturated rings. The highest BCUT2D eigenvalue weighted by molar-refractivity contribution is 8.00. The van der Waals surface area contributed by atoms with Gasteiger partial charge in [0, 0.05) is 30.4 Å². The van der Waals surface area contributed by atoms with Crippen molar-refractivity contribution in [1.29, 1.82) is 0 Å². The molecule has 0 bridgehead atoms. The Morgan fingerprint density at radius 3 is 1.96 bits per heavy atom. The third-order valence-electron chi connectivity index (χ3n) is 6.90. The van der Waals surface area contributed by atoms with Crippen LogP contribution in [0.3, 0.4) is 0 Å². The molecule has 0 radical (unpaired) electrons. The highest BCUT2D eigenvalue weighted by atomic mass is 32.2. The summed E-state index contributed by atoms with van der Waals surface area (Å²) in [5.74, 6) is -6.14. The Morgan fingerprint density at radius 2 is 1.44 bits per heavy atom. The molecule has 0 aliphatic carbocycles. The Kier molecular flexibility index (Phi) is 10.2. The molecule has 4 rings (SSSR count). The van der Waals surface area contributed by atoms with Crippen molar-refractivity contribution in [3.63, 3.8) is 0 Å². The van der Waals surface area contributed by atoms with Crippen LogP contribution in [0.5, 0.6) is 0 Å². The Labute approximate surface area is 260 Å². The highest BCUT2D eigenvalue weighted by Gasteiger charge is 2.63. The van der Waals surface area contributed by atoms with Crippen molar-refractivity contribution in [1.82, 2.24) is 29.5 Å². The van der Waals surface area contributed by atoms with Gasteiger partial charge < -0.3 is 9.84 Å². The number of alkyl halides is 4. The first-order valence-corrected chi connectivity index (χ1v) is 15.1. The number of aliphatic hydroxyl groups is 1. The van der Waals surface area contributed by atoms with Gasteiger partial charge in [-0.3, -0.25) is 0 Å². The van der Waals surface area contributed by atoms with Crippen molar-refractivity contribution < 1.29 is 45.0 Å². The lowest BCUT2D eigenvalue weighted by Crippen LogP contribution is -2.51. The van der Waals surface area contributed by atoms with Crippen molar-refractivity contribution in [3.05, 3.63) is 95.6 Å². The van der Waals surface area contributed by atoms with E-state index < -0.39 is 74.5 Å². The molecular formula is C27H26F8N6O2S2. The molecule has 0 aliphatic rings. The summed E-state index contributed by atoms with van der Waals surface area (Å²) < 4.78 is 128. The molecule has 45 heavy (non-hydrogen) atoms. The van der Waals surface area contributed by atoms with Gasteiger partial charge in [-0.15, -0.1) is 0 Å². The quantitative estimate of drug-likeness (QED) is 0.159. The van der Waals surface area contributed by atoms with Crippen LogP contribution in [0.2, 0.25) is 0 Å². The van der Waals surface area contributed by atoms with Gasteiger partial charge in [0.25, 0.3) is 0 Å². The minimum Gasteiger partial charge on any atom is -0.376 e. The van der Waals surface area contributed by atoms with E-state index in [4.69, 9.17) is 4.74 Å². The zero-order valence-electron chi connectivity index (χ0n) is 23.8. The number of nitrogens with zero attached hydrogens (tertiary/aromatic N) is 6. The topological polar surface area (TPSA) is 90.9 Å². The van der Waals surface area contributed by atoms with Crippen molar-refractivity contribution in [2.75, 3.05) is 18.6 Å². The van der Waals surface area contributed by atoms with Gasteiger partial charge in [-0.25, -0.2) is 36.9 Å². The third kappa shape index (κ3) is 6.29. The summed E-state index contributed by atoms with van der Waals surface area (Å²) in [7, 11) is 0.877. The van der Waals surface area contributed by atoms with Crippen molar-refractivity contribution in [2.24, 2.45) is 0 Å². The van der Waals surface area contributed by atoms with Crippen molar-refractivity contribution in [3.8, 4) is 0 Å². The zero-order valence-corrected chi connectivity index (χ0v) is 25.4. The smallest absolute Gasteiger partial charge is 0.328 e. The van der Waals surface area contributed by atoms with Crippen molar-refractivity contribution in [2.45, 2.75) is 48.1 Å². The van der Waals surface area contributed by atoms with E-state index in [0.717, 1.165) is 42.9 Å². The van der Waals surface area contributed by atoms with Gasteiger partial charge in [-0.05, 0) is 35.8 Å². The van der Waals surface area contributed by atoms with E-state index in [9.17, 15) is 13.9 Å². The molecule has 2 heterocycles. The van der Waals surface area contributed by atoms with E-state index in [2.05, 4.69) is 20.2 Å². The second-order valence-electron chi connectivity index (χ2n) is 9.52. The fraction of sp³-hybridized carbons (Fsp3) is 0.407. The molecule has 3 unspecified atom stereocenters. The number of hydrogen-bond donors (Lipinski definition) is 1. The first-order chi connectivity index (χ1) is 21.2. The Bertz CT molecular complexity index is 1610. The summed E-state index contributed by atoms with van der Waals surface area (Å²) in [5.41, 5.74) is -8.20. The van der Waals surface area contributed by atoms with Gasteiger partial charge in [-0.1, -0.05) is 37.4 Å². The summed E-state index contributed by atoms with van der Waals surface area (Å²) in [6.07, 6.45) is 2.66. The Balaban J connectivity index is 1.93. The molecule has 18 heteroatoms. The second-order valence-corrected chi connectivity index (χ2v) is 12.3.